The van der Waals surface area contributed by atoms with Crippen molar-refractivity contribution in [3.63, 3.8) is 0 Å². The zero-order chi connectivity index (χ0) is 21.2. The van der Waals surface area contributed by atoms with E-state index < -0.39 is 0 Å². The highest BCUT2D eigenvalue weighted by Crippen LogP contribution is 2.24. The van der Waals surface area contributed by atoms with E-state index in [4.69, 9.17) is 4.98 Å². The average molecular weight is 411 g/mol. The molecule has 1 aliphatic rings. The Morgan fingerprint density at radius 1 is 1.00 bits per heavy atom. The molecule has 0 saturated carbocycles. The minimum absolute atomic E-state index is 0.0772. The fourth-order valence-electron chi connectivity index (χ4n) is 4.47. The van der Waals surface area contributed by atoms with E-state index in [1.165, 1.54) is 0 Å². The van der Waals surface area contributed by atoms with Crippen molar-refractivity contribution in [2.75, 3.05) is 18.4 Å². The summed E-state index contributed by atoms with van der Waals surface area (Å²) >= 11 is 0. The molecule has 1 atom stereocenters. The van der Waals surface area contributed by atoms with E-state index in [0.29, 0.717) is 12.1 Å². The van der Waals surface area contributed by atoms with E-state index in [9.17, 15) is 4.79 Å². The molecular weight excluding hydrogens is 384 g/mol. The maximum absolute atomic E-state index is 13.3. The molecular formula is C26H26N4O. The van der Waals surface area contributed by atoms with Gasteiger partial charge in [-0.05, 0) is 62.2 Å². The fraction of sp³-hybridized carbons (Fsp3) is 0.231. The lowest BCUT2D eigenvalue weighted by molar-refractivity contribution is 0.0715. The first kappa shape index (κ1) is 19.4. The highest BCUT2D eigenvalue weighted by molar-refractivity contribution is 5.97. The maximum Gasteiger partial charge on any atom is 0.254 e. The van der Waals surface area contributed by atoms with Gasteiger partial charge in [0.2, 0.25) is 0 Å². The Labute approximate surface area is 182 Å². The average Bonchev–Trinajstić information content (AvgIpc) is 3.15. The number of likely N-dealkylation sites (tertiary alicyclic amines) is 1. The molecule has 1 unspecified atom stereocenters. The van der Waals surface area contributed by atoms with Crippen LogP contribution in [-0.4, -0.2) is 39.5 Å². The van der Waals surface area contributed by atoms with Crippen molar-refractivity contribution in [2.24, 2.45) is 0 Å². The number of hydrogen-bond donors (Lipinski definition) is 1. The lowest BCUT2D eigenvalue weighted by Gasteiger charge is -2.33. The molecule has 1 amide bonds. The molecule has 5 heteroatoms. The summed E-state index contributed by atoms with van der Waals surface area (Å²) in [6.45, 7) is 3.50. The van der Waals surface area contributed by atoms with Gasteiger partial charge >= 0.3 is 0 Å². The number of aryl methyl sites for hydroxylation is 1. The van der Waals surface area contributed by atoms with Crippen LogP contribution in [0.5, 0.6) is 0 Å². The number of nitrogens with zero attached hydrogens (tertiary/aromatic N) is 3. The molecule has 2 heterocycles. The van der Waals surface area contributed by atoms with Crippen molar-refractivity contribution >= 4 is 22.6 Å². The minimum atomic E-state index is 0.0772. The maximum atomic E-state index is 13.3. The van der Waals surface area contributed by atoms with Crippen LogP contribution in [-0.2, 0) is 0 Å². The zero-order valence-corrected chi connectivity index (χ0v) is 17.7. The molecule has 0 spiro atoms. The predicted octanol–water partition coefficient (Wildman–Crippen LogP) is 5.05. The number of fused-ring (bicyclic) bond motifs is 1. The topological polar surface area (TPSA) is 50.2 Å². The Bertz CT molecular complexity index is 1200. The van der Waals surface area contributed by atoms with Gasteiger partial charge in [0.15, 0.2) is 0 Å². The van der Waals surface area contributed by atoms with Gasteiger partial charge in [0.1, 0.15) is 5.82 Å². The van der Waals surface area contributed by atoms with Gasteiger partial charge in [-0.25, -0.2) is 4.98 Å². The Morgan fingerprint density at radius 3 is 2.52 bits per heavy atom. The second kappa shape index (κ2) is 8.26. The first-order chi connectivity index (χ1) is 15.2. The van der Waals surface area contributed by atoms with E-state index >= 15 is 0 Å². The second-order valence-electron chi connectivity index (χ2n) is 8.13. The van der Waals surface area contributed by atoms with Crippen molar-refractivity contribution < 1.29 is 4.79 Å². The number of hydrogen-bond acceptors (Lipinski definition) is 3. The van der Waals surface area contributed by atoms with E-state index in [0.717, 1.165) is 47.6 Å². The van der Waals surface area contributed by atoms with E-state index in [-0.39, 0.29) is 11.9 Å². The highest BCUT2D eigenvalue weighted by atomic mass is 16.2. The minimum Gasteiger partial charge on any atom is -0.381 e. The van der Waals surface area contributed by atoms with Crippen LogP contribution in [0.15, 0.2) is 78.9 Å². The standard InChI is InChI=1S/C26H26N4O/c1-19-27-24-17-20(14-15-25(24)30(19)23-12-6-3-7-13-23)26(31)29-16-8-11-22(18-29)28-21-9-4-2-5-10-21/h2-7,9-10,12-15,17,22,28H,8,11,16,18H2,1H3. The molecule has 5 nitrogen and oxygen atoms in total. The van der Waals surface area contributed by atoms with Gasteiger partial charge in [-0.2, -0.15) is 0 Å². The van der Waals surface area contributed by atoms with Crippen molar-refractivity contribution in [1.82, 2.24) is 14.5 Å². The summed E-state index contributed by atoms with van der Waals surface area (Å²) in [5.41, 5.74) is 4.74. The lowest BCUT2D eigenvalue weighted by atomic mass is 10.0. The Kier molecular flexibility index (Phi) is 5.16. The number of imidazole rings is 1. The molecule has 31 heavy (non-hydrogen) atoms. The van der Waals surface area contributed by atoms with Crippen LogP contribution in [0, 0.1) is 6.92 Å². The number of nitrogens with one attached hydrogen (secondary N) is 1. The number of piperidine rings is 1. The Balaban J connectivity index is 1.37. The molecule has 1 aliphatic heterocycles. The van der Waals surface area contributed by atoms with Crippen LogP contribution in [0.1, 0.15) is 29.0 Å². The first-order valence-electron chi connectivity index (χ1n) is 10.8. The van der Waals surface area contributed by atoms with Gasteiger partial charge in [-0.1, -0.05) is 36.4 Å². The molecule has 1 saturated heterocycles. The van der Waals surface area contributed by atoms with Gasteiger partial charge in [0.25, 0.3) is 5.91 Å². The van der Waals surface area contributed by atoms with Crippen LogP contribution in [0.3, 0.4) is 0 Å². The molecule has 3 aromatic carbocycles. The molecule has 0 bridgehead atoms. The predicted molar refractivity (Wildman–Crippen MR) is 125 cm³/mol. The highest BCUT2D eigenvalue weighted by Gasteiger charge is 2.25. The second-order valence-corrected chi connectivity index (χ2v) is 8.13. The largest absolute Gasteiger partial charge is 0.381 e. The zero-order valence-electron chi connectivity index (χ0n) is 17.7. The third-order valence-corrected chi connectivity index (χ3v) is 5.94. The van der Waals surface area contributed by atoms with Gasteiger partial charge in [-0.3, -0.25) is 9.36 Å². The van der Waals surface area contributed by atoms with Crippen LogP contribution >= 0.6 is 0 Å². The summed E-state index contributed by atoms with van der Waals surface area (Å²) in [5, 5.41) is 3.57. The fourth-order valence-corrected chi connectivity index (χ4v) is 4.47. The molecule has 1 N–H and O–H groups in total. The smallest absolute Gasteiger partial charge is 0.254 e. The molecule has 5 rings (SSSR count). The normalized spacial score (nSPS) is 16.4. The van der Waals surface area contributed by atoms with Crippen molar-refractivity contribution in [2.45, 2.75) is 25.8 Å². The molecule has 0 aliphatic carbocycles. The Morgan fingerprint density at radius 2 is 1.74 bits per heavy atom. The number of carbonyl (C=O) groups is 1. The van der Waals surface area contributed by atoms with E-state index in [1.54, 1.807) is 0 Å². The molecule has 156 valence electrons. The number of carbonyl (C=O) groups excluding carboxylic acids is 1. The molecule has 1 fully saturated rings. The van der Waals surface area contributed by atoms with Crippen LogP contribution < -0.4 is 5.32 Å². The third-order valence-electron chi connectivity index (χ3n) is 5.94. The van der Waals surface area contributed by atoms with E-state index in [1.807, 2.05) is 66.4 Å². The summed E-state index contributed by atoms with van der Waals surface area (Å²) < 4.78 is 2.13. The van der Waals surface area contributed by atoms with Crippen molar-refractivity contribution in [3.8, 4) is 5.69 Å². The van der Waals surface area contributed by atoms with Gasteiger partial charge in [0, 0.05) is 36.1 Å². The number of amides is 1. The number of aromatic nitrogens is 2. The molecule has 0 radical (unpaired) electrons. The van der Waals surface area contributed by atoms with Gasteiger partial charge in [0.05, 0.1) is 11.0 Å². The SMILES string of the molecule is Cc1nc2cc(C(=O)N3CCCC(Nc4ccccc4)C3)ccc2n1-c1ccccc1. The van der Waals surface area contributed by atoms with Gasteiger partial charge in [-0.15, -0.1) is 0 Å². The lowest BCUT2D eigenvalue weighted by Crippen LogP contribution is -2.45. The van der Waals surface area contributed by atoms with Crippen molar-refractivity contribution in [1.29, 1.82) is 0 Å². The molecule has 1 aromatic heterocycles. The summed E-state index contributed by atoms with van der Waals surface area (Å²) in [4.78, 5) is 20.0. The number of anilines is 1. The van der Waals surface area contributed by atoms with Crippen LogP contribution in [0.2, 0.25) is 0 Å². The first-order valence-corrected chi connectivity index (χ1v) is 10.8. The number of para-hydroxylation sites is 2. The summed E-state index contributed by atoms with van der Waals surface area (Å²) in [7, 11) is 0. The molecule has 4 aromatic rings. The van der Waals surface area contributed by atoms with Crippen LogP contribution in [0.25, 0.3) is 16.7 Å². The summed E-state index contributed by atoms with van der Waals surface area (Å²) in [6, 6.07) is 26.5. The monoisotopic (exact) mass is 410 g/mol. The third kappa shape index (κ3) is 3.91. The van der Waals surface area contributed by atoms with E-state index in [2.05, 4.69) is 34.1 Å². The Hall–Kier alpha value is -3.60. The quantitative estimate of drug-likeness (QED) is 0.512. The van der Waals surface area contributed by atoms with Crippen LogP contribution in [0.4, 0.5) is 5.69 Å². The number of rotatable bonds is 4. The summed E-state index contributed by atoms with van der Waals surface area (Å²) in [5.74, 6) is 0.990. The number of benzene rings is 3. The van der Waals surface area contributed by atoms with Crippen molar-refractivity contribution in [3.05, 3.63) is 90.3 Å². The summed E-state index contributed by atoms with van der Waals surface area (Å²) in [6.07, 6.45) is 2.07. The van der Waals surface area contributed by atoms with Gasteiger partial charge < -0.3 is 10.2 Å².